The van der Waals surface area contributed by atoms with Gasteiger partial charge in [0, 0.05) is 0 Å². The molecule has 1 aliphatic carbocycles. The minimum atomic E-state index is 1.13. The fourth-order valence-corrected chi connectivity index (χ4v) is 1.16. The van der Waals surface area contributed by atoms with Crippen LogP contribution in [0.15, 0.2) is 22.8 Å². The molecule has 0 unspecified atom stereocenters. The quantitative estimate of drug-likeness (QED) is 0.485. The molecule has 1 aliphatic rings. The predicted octanol–water partition coefficient (Wildman–Crippen LogP) is 2.55. The van der Waals surface area contributed by atoms with Crippen molar-refractivity contribution in [2.24, 2.45) is 0 Å². The van der Waals surface area contributed by atoms with E-state index in [4.69, 9.17) is 15.5 Å². The summed E-state index contributed by atoms with van der Waals surface area (Å²) in [5.41, 5.74) is 0. The van der Waals surface area contributed by atoms with Crippen molar-refractivity contribution in [3.8, 4) is 0 Å². The molecule has 0 aliphatic heterocycles. The van der Waals surface area contributed by atoms with Crippen molar-refractivity contribution in [2.45, 2.75) is 25.7 Å². The Hall–Kier alpha value is -0.0265. The molecule has 0 amide bonds. The van der Waals surface area contributed by atoms with E-state index in [1.807, 2.05) is 0 Å². The normalized spacial score (nSPS) is 29.8. The van der Waals surface area contributed by atoms with Gasteiger partial charge in [0.2, 0.25) is 0 Å². The van der Waals surface area contributed by atoms with Gasteiger partial charge < -0.3 is 0 Å². The number of hydrogen-bond acceptors (Lipinski definition) is 0. The Morgan fingerprint density at radius 2 is 2.22 bits per heavy atom. The summed E-state index contributed by atoms with van der Waals surface area (Å²) in [5, 5.41) is 0. The van der Waals surface area contributed by atoms with Gasteiger partial charge in [0.1, 0.15) is 0 Å². The summed E-state index contributed by atoms with van der Waals surface area (Å²) in [6.45, 7) is 0. The van der Waals surface area contributed by atoms with Crippen molar-refractivity contribution in [3.05, 3.63) is 22.8 Å². The molecule has 1 rings (SSSR count). The van der Waals surface area contributed by atoms with E-state index in [-0.39, 0.29) is 0 Å². The first kappa shape index (κ1) is 7.08. The fourth-order valence-electron chi connectivity index (χ4n) is 0.891. The van der Waals surface area contributed by atoms with Crippen molar-refractivity contribution < 1.29 is 15.5 Å². The summed E-state index contributed by atoms with van der Waals surface area (Å²) < 4.78 is 1.14. The Labute approximate surface area is 64.4 Å². The van der Waals surface area contributed by atoms with Gasteiger partial charge in [0.05, 0.1) is 0 Å². The van der Waals surface area contributed by atoms with E-state index in [1.54, 1.807) is 0 Å². The first-order chi connectivity index (χ1) is 4.39. The van der Waals surface area contributed by atoms with Crippen molar-refractivity contribution >= 4 is 0 Å². The van der Waals surface area contributed by atoms with Crippen molar-refractivity contribution in [2.75, 3.05) is 0 Å². The average Bonchev–Trinajstić information content (AvgIpc) is 1.79. The van der Waals surface area contributed by atoms with Gasteiger partial charge in [-0.15, -0.1) is 0 Å². The molecule has 0 spiro atoms. The Kier molecular flexibility index (Phi) is 3.07. The number of hydrogen-bond donors (Lipinski definition) is 0. The standard InChI is InChI=1S/C8H11.Ni/c1-2-4-6-8-7-5-3-1;/h1-3H,4,6-8H2;/b2-1-,5-3?;. The van der Waals surface area contributed by atoms with Crippen LogP contribution in [-0.4, -0.2) is 0 Å². The van der Waals surface area contributed by atoms with Crippen LogP contribution in [-0.2, 0) is 15.5 Å². The second kappa shape index (κ2) is 3.90. The van der Waals surface area contributed by atoms with Crippen LogP contribution in [0.2, 0.25) is 0 Å². The van der Waals surface area contributed by atoms with Crippen molar-refractivity contribution in [3.63, 3.8) is 0 Å². The third kappa shape index (κ3) is 2.86. The Morgan fingerprint density at radius 1 is 1.33 bits per heavy atom. The third-order valence-corrected chi connectivity index (χ3v) is 1.84. The first-order valence-corrected chi connectivity index (χ1v) is 3.87. The fraction of sp³-hybridized carbons (Fsp3) is 0.500. The van der Waals surface area contributed by atoms with Crippen LogP contribution in [0.25, 0.3) is 0 Å². The topological polar surface area (TPSA) is 0 Å². The Balaban J connectivity index is 2.48. The summed E-state index contributed by atoms with van der Waals surface area (Å²) in [5.74, 6) is 0. The SMILES string of the molecule is [Ni]/[C]1=C/C=C\CCCC1. The van der Waals surface area contributed by atoms with Crippen LogP contribution in [0.4, 0.5) is 0 Å². The summed E-state index contributed by atoms with van der Waals surface area (Å²) in [7, 11) is 0. The maximum absolute atomic E-state index is 4.76. The maximum atomic E-state index is 4.76. The van der Waals surface area contributed by atoms with E-state index in [2.05, 4.69) is 18.2 Å². The van der Waals surface area contributed by atoms with E-state index in [0.29, 0.717) is 0 Å². The first-order valence-electron chi connectivity index (χ1n) is 3.38. The van der Waals surface area contributed by atoms with Gasteiger partial charge in [0.25, 0.3) is 0 Å². The second-order valence-corrected chi connectivity index (χ2v) is 2.88. The van der Waals surface area contributed by atoms with Crippen LogP contribution in [0.5, 0.6) is 0 Å². The zero-order valence-electron chi connectivity index (χ0n) is 5.38. The second-order valence-electron chi connectivity index (χ2n) is 2.25. The van der Waals surface area contributed by atoms with Gasteiger partial charge in [-0.2, -0.15) is 0 Å². The monoisotopic (exact) mass is 165 g/mol. The minimum absolute atomic E-state index is 1.13. The van der Waals surface area contributed by atoms with Gasteiger partial charge in [-0.1, -0.05) is 0 Å². The molecule has 0 saturated carbocycles. The van der Waals surface area contributed by atoms with Crippen LogP contribution >= 0.6 is 0 Å². The predicted molar refractivity (Wildman–Crippen MR) is 35.7 cm³/mol. The van der Waals surface area contributed by atoms with E-state index in [0.717, 1.165) is 11.0 Å². The van der Waals surface area contributed by atoms with Crippen LogP contribution in [0.1, 0.15) is 25.7 Å². The molecule has 0 radical (unpaired) electrons. The molecule has 0 aromatic heterocycles. The van der Waals surface area contributed by atoms with Gasteiger partial charge in [-0.3, -0.25) is 0 Å². The summed E-state index contributed by atoms with van der Waals surface area (Å²) in [6, 6.07) is 0. The molecule has 0 heterocycles. The molecular formula is C8H11Ni. The molecule has 0 N–H and O–H groups in total. The van der Waals surface area contributed by atoms with E-state index < -0.39 is 0 Å². The van der Waals surface area contributed by atoms with Gasteiger partial charge in [-0.25, -0.2) is 0 Å². The molecule has 0 fully saturated rings. The average molecular weight is 166 g/mol. The molecule has 0 nitrogen and oxygen atoms in total. The molecule has 0 aromatic rings. The number of rotatable bonds is 0. The molecule has 53 valence electrons. The third-order valence-electron chi connectivity index (χ3n) is 1.42. The summed E-state index contributed by atoms with van der Waals surface area (Å²) in [6.07, 6.45) is 11.3. The Morgan fingerprint density at radius 3 is 3.11 bits per heavy atom. The summed E-state index contributed by atoms with van der Waals surface area (Å²) in [4.78, 5) is 0. The van der Waals surface area contributed by atoms with Crippen LogP contribution in [0, 0.1) is 0 Å². The molecule has 0 aromatic carbocycles. The van der Waals surface area contributed by atoms with E-state index in [1.165, 1.54) is 19.3 Å². The van der Waals surface area contributed by atoms with Gasteiger partial charge in [0.15, 0.2) is 0 Å². The molecular weight excluding hydrogens is 155 g/mol. The zero-order valence-corrected chi connectivity index (χ0v) is 6.36. The van der Waals surface area contributed by atoms with Gasteiger partial charge >= 0.3 is 63.9 Å². The Bertz CT molecular complexity index is 134. The van der Waals surface area contributed by atoms with Crippen molar-refractivity contribution in [1.82, 2.24) is 0 Å². The van der Waals surface area contributed by atoms with Crippen molar-refractivity contribution in [1.29, 1.82) is 0 Å². The van der Waals surface area contributed by atoms with E-state index in [9.17, 15) is 0 Å². The number of allylic oxidation sites excluding steroid dienone is 4. The van der Waals surface area contributed by atoms with Gasteiger partial charge in [-0.05, 0) is 0 Å². The molecule has 0 bridgehead atoms. The molecule has 9 heavy (non-hydrogen) atoms. The molecule has 1 heteroatoms. The molecule has 0 saturated heterocycles. The van der Waals surface area contributed by atoms with Crippen LogP contribution < -0.4 is 0 Å². The molecule has 0 atom stereocenters. The zero-order chi connectivity index (χ0) is 6.53. The van der Waals surface area contributed by atoms with Crippen LogP contribution in [0.3, 0.4) is 0 Å². The summed E-state index contributed by atoms with van der Waals surface area (Å²) >= 11 is 4.76. The van der Waals surface area contributed by atoms with E-state index >= 15 is 0 Å².